The summed E-state index contributed by atoms with van der Waals surface area (Å²) in [5.41, 5.74) is 2.15. The van der Waals surface area contributed by atoms with E-state index < -0.39 is 0 Å². The number of rotatable bonds is 4. The van der Waals surface area contributed by atoms with Crippen LogP contribution in [-0.4, -0.2) is 15.0 Å². The van der Waals surface area contributed by atoms with Crippen molar-refractivity contribution in [3.63, 3.8) is 0 Å². The third-order valence-electron chi connectivity index (χ3n) is 2.42. The van der Waals surface area contributed by atoms with E-state index >= 15 is 0 Å². The van der Waals surface area contributed by atoms with Gasteiger partial charge in [0.15, 0.2) is 0 Å². The van der Waals surface area contributed by atoms with Crippen molar-refractivity contribution in [2.75, 3.05) is 0 Å². The van der Waals surface area contributed by atoms with Crippen molar-refractivity contribution < 1.29 is 0 Å². The van der Waals surface area contributed by atoms with Crippen LogP contribution in [0.1, 0.15) is 27.1 Å². The molecule has 2 heterocycles. The Morgan fingerprint density at radius 1 is 1.18 bits per heavy atom. The van der Waals surface area contributed by atoms with Gasteiger partial charge in [0.05, 0.1) is 16.4 Å². The number of nitrogens with one attached hydrogen (secondary N) is 1. The maximum atomic E-state index is 4.40. The second-order valence-corrected chi connectivity index (χ2v) is 5.23. The first-order chi connectivity index (χ1) is 8.15. The minimum absolute atomic E-state index is 0.764. The van der Waals surface area contributed by atoms with Crippen LogP contribution in [-0.2, 0) is 13.1 Å². The van der Waals surface area contributed by atoms with Gasteiger partial charge >= 0.3 is 0 Å². The van der Waals surface area contributed by atoms with Crippen LogP contribution >= 0.6 is 11.3 Å². The van der Waals surface area contributed by atoms with Crippen molar-refractivity contribution >= 4 is 11.3 Å². The first-order valence-electron chi connectivity index (χ1n) is 5.57. The second kappa shape index (κ2) is 5.33. The molecule has 2 aromatic heterocycles. The van der Waals surface area contributed by atoms with Crippen LogP contribution < -0.4 is 5.32 Å². The van der Waals surface area contributed by atoms with E-state index in [4.69, 9.17) is 0 Å². The molecule has 2 aromatic rings. The Labute approximate surface area is 105 Å². The molecule has 0 aliphatic rings. The monoisotopic (exact) mass is 248 g/mol. The molecule has 0 saturated carbocycles. The molecule has 0 atom stereocenters. The fraction of sp³-hybridized carbons (Fsp3) is 0.417. The molecular weight excluding hydrogens is 232 g/mol. The molecule has 2 rings (SSSR count). The zero-order valence-electron chi connectivity index (χ0n) is 10.3. The quantitative estimate of drug-likeness (QED) is 0.900. The lowest BCUT2D eigenvalue weighted by Crippen LogP contribution is -2.14. The van der Waals surface area contributed by atoms with Gasteiger partial charge in [-0.15, -0.1) is 11.3 Å². The molecule has 0 spiro atoms. The lowest BCUT2D eigenvalue weighted by atomic mass is 10.3. The van der Waals surface area contributed by atoms with Crippen LogP contribution in [0.15, 0.2) is 12.3 Å². The predicted molar refractivity (Wildman–Crippen MR) is 68.9 cm³/mol. The van der Waals surface area contributed by atoms with Gasteiger partial charge in [-0.25, -0.2) is 15.0 Å². The molecule has 0 aliphatic carbocycles. The molecule has 0 saturated heterocycles. The van der Waals surface area contributed by atoms with E-state index in [-0.39, 0.29) is 0 Å². The molecule has 1 N–H and O–H groups in total. The number of aromatic nitrogens is 3. The van der Waals surface area contributed by atoms with Gasteiger partial charge in [-0.05, 0) is 26.8 Å². The molecule has 0 bridgehead atoms. The summed E-state index contributed by atoms with van der Waals surface area (Å²) in [7, 11) is 0. The summed E-state index contributed by atoms with van der Waals surface area (Å²) in [6.45, 7) is 7.60. The van der Waals surface area contributed by atoms with E-state index in [1.807, 2.05) is 19.9 Å². The highest BCUT2D eigenvalue weighted by molar-refractivity contribution is 7.11. The van der Waals surface area contributed by atoms with Gasteiger partial charge in [-0.2, -0.15) is 0 Å². The summed E-state index contributed by atoms with van der Waals surface area (Å²) < 4.78 is 0. The number of aryl methyl sites for hydroxylation is 3. The summed E-state index contributed by atoms with van der Waals surface area (Å²) in [5, 5.41) is 4.50. The number of hydrogen-bond donors (Lipinski definition) is 1. The predicted octanol–water partition coefficient (Wildman–Crippen LogP) is 2.15. The molecule has 0 unspecified atom stereocenters. The van der Waals surface area contributed by atoms with Gasteiger partial charge in [-0.3, -0.25) is 0 Å². The van der Waals surface area contributed by atoms with Crippen molar-refractivity contribution in [3.05, 3.63) is 39.4 Å². The lowest BCUT2D eigenvalue weighted by Gasteiger charge is -2.03. The van der Waals surface area contributed by atoms with Crippen LogP contribution in [0.3, 0.4) is 0 Å². The zero-order valence-corrected chi connectivity index (χ0v) is 11.1. The van der Waals surface area contributed by atoms with Gasteiger partial charge < -0.3 is 5.32 Å². The first kappa shape index (κ1) is 12.1. The highest BCUT2D eigenvalue weighted by Gasteiger charge is 2.04. The fourth-order valence-corrected chi connectivity index (χ4v) is 2.55. The Morgan fingerprint density at radius 3 is 2.65 bits per heavy atom. The van der Waals surface area contributed by atoms with E-state index in [9.17, 15) is 0 Å². The third-order valence-corrected chi connectivity index (χ3v) is 3.50. The molecule has 0 radical (unpaired) electrons. The first-order valence-corrected chi connectivity index (χ1v) is 6.39. The van der Waals surface area contributed by atoms with Crippen LogP contribution in [0.2, 0.25) is 0 Å². The maximum Gasteiger partial charge on any atom is 0.125 e. The number of hydrogen-bond acceptors (Lipinski definition) is 5. The second-order valence-electron chi connectivity index (χ2n) is 3.94. The van der Waals surface area contributed by atoms with E-state index in [0.29, 0.717) is 0 Å². The molecular formula is C12H16N4S. The van der Waals surface area contributed by atoms with E-state index in [0.717, 1.165) is 35.3 Å². The van der Waals surface area contributed by atoms with Gasteiger partial charge in [0.2, 0.25) is 0 Å². The largest absolute Gasteiger partial charge is 0.306 e. The zero-order chi connectivity index (χ0) is 12.3. The van der Waals surface area contributed by atoms with Crippen molar-refractivity contribution in [3.8, 4) is 0 Å². The molecule has 5 heteroatoms. The Hall–Kier alpha value is -1.33. The van der Waals surface area contributed by atoms with Crippen LogP contribution in [0.4, 0.5) is 0 Å². The van der Waals surface area contributed by atoms with Crippen molar-refractivity contribution in [1.29, 1.82) is 0 Å². The lowest BCUT2D eigenvalue weighted by molar-refractivity contribution is 0.678. The van der Waals surface area contributed by atoms with E-state index in [1.165, 1.54) is 4.88 Å². The molecule has 4 nitrogen and oxygen atoms in total. The molecule has 0 amide bonds. The number of thiazole rings is 1. The average molecular weight is 248 g/mol. The molecule has 0 aliphatic heterocycles. The minimum atomic E-state index is 0.764. The van der Waals surface area contributed by atoms with E-state index in [2.05, 4.69) is 27.2 Å². The fourth-order valence-electron chi connectivity index (χ4n) is 1.65. The van der Waals surface area contributed by atoms with E-state index in [1.54, 1.807) is 17.5 Å². The van der Waals surface area contributed by atoms with Crippen LogP contribution in [0.25, 0.3) is 0 Å². The minimum Gasteiger partial charge on any atom is -0.306 e. The van der Waals surface area contributed by atoms with Crippen molar-refractivity contribution in [2.45, 2.75) is 33.9 Å². The standard InChI is InChI=1S/C12H16N4S/c1-8-12(17-10(3)15-8)7-13-6-11-4-5-14-9(2)16-11/h4-5,13H,6-7H2,1-3H3. The van der Waals surface area contributed by atoms with Gasteiger partial charge in [-0.1, -0.05) is 0 Å². The maximum absolute atomic E-state index is 4.40. The SMILES string of the molecule is Cc1nccc(CNCc2sc(C)nc2C)n1. The van der Waals surface area contributed by atoms with Gasteiger partial charge in [0, 0.05) is 24.2 Å². The normalized spacial score (nSPS) is 10.8. The molecule has 0 fully saturated rings. The summed E-state index contributed by atoms with van der Waals surface area (Å²) >= 11 is 1.75. The number of nitrogens with zero attached hydrogens (tertiary/aromatic N) is 3. The topological polar surface area (TPSA) is 50.7 Å². The smallest absolute Gasteiger partial charge is 0.125 e. The summed E-state index contributed by atoms with van der Waals surface area (Å²) in [6, 6.07) is 1.94. The molecule has 0 aromatic carbocycles. The Morgan fingerprint density at radius 2 is 2.00 bits per heavy atom. The third kappa shape index (κ3) is 3.31. The highest BCUT2D eigenvalue weighted by atomic mass is 32.1. The summed E-state index contributed by atoms with van der Waals surface area (Å²) in [5.74, 6) is 0.814. The van der Waals surface area contributed by atoms with Gasteiger partial charge in [0.1, 0.15) is 5.82 Å². The summed E-state index contributed by atoms with van der Waals surface area (Å²) in [4.78, 5) is 14.1. The Balaban J connectivity index is 1.89. The Bertz CT molecular complexity index is 507. The highest BCUT2D eigenvalue weighted by Crippen LogP contribution is 2.16. The van der Waals surface area contributed by atoms with Gasteiger partial charge in [0.25, 0.3) is 0 Å². The molecule has 17 heavy (non-hydrogen) atoms. The van der Waals surface area contributed by atoms with Crippen molar-refractivity contribution in [2.24, 2.45) is 0 Å². The van der Waals surface area contributed by atoms with Crippen LogP contribution in [0.5, 0.6) is 0 Å². The summed E-state index contributed by atoms with van der Waals surface area (Å²) in [6.07, 6.45) is 1.79. The average Bonchev–Trinajstić information content (AvgIpc) is 2.58. The molecule has 90 valence electrons. The van der Waals surface area contributed by atoms with Crippen molar-refractivity contribution in [1.82, 2.24) is 20.3 Å². The van der Waals surface area contributed by atoms with Crippen LogP contribution in [0, 0.1) is 20.8 Å². The Kier molecular flexibility index (Phi) is 3.81.